The van der Waals surface area contributed by atoms with E-state index in [1.165, 1.54) is 0 Å². The summed E-state index contributed by atoms with van der Waals surface area (Å²) in [6.45, 7) is 6.40. The minimum absolute atomic E-state index is 0.0137. The van der Waals surface area contributed by atoms with Crippen LogP contribution in [-0.4, -0.2) is 54.2 Å². The lowest BCUT2D eigenvalue weighted by molar-refractivity contribution is -0.123. The molecule has 0 aromatic rings. The molecule has 1 saturated heterocycles. The molecule has 0 aliphatic carbocycles. The number of aliphatic hydroxyl groups is 1. The predicted octanol–water partition coefficient (Wildman–Crippen LogP) is -0.457. The van der Waals surface area contributed by atoms with E-state index in [-0.39, 0.29) is 17.9 Å². The summed E-state index contributed by atoms with van der Waals surface area (Å²) in [5, 5.41) is 12.3. The van der Waals surface area contributed by atoms with Crippen molar-refractivity contribution in [1.82, 2.24) is 10.2 Å². The van der Waals surface area contributed by atoms with Gasteiger partial charge < -0.3 is 16.2 Å². The van der Waals surface area contributed by atoms with E-state index in [0.717, 1.165) is 25.9 Å². The van der Waals surface area contributed by atoms with E-state index in [1.807, 2.05) is 13.8 Å². The number of piperidine rings is 1. The average molecular weight is 243 g/mol. The zero-order valence-electron chi connectivity index (χ0n) is 10.9. The van der Waals surface area contributed by atoms with Crippen molar-refractivity contribution in [1.29, 1.82) is 0 Å². The highest BCUT2D eigenvalue weighted by Gasteiger charge is 2.18. The maximum atomic E-state index is 11.6. The Balaban J connectivity index is 2.16. The first kappa shape index (κ1) is 14.4. The molecule has 0 saturated carbocycles. The fourth-order valence-corrected chi connectivity index (χ4v) is 1.82. The van der Waals surface area contributed by atoms with Gasteiger partial charge in [-0.2, -0.15) is 0 Å². The lowest BCUT2D eigenvalue weighted by Crippen LogP contribution is -2.46. The molecule has 1 fully saturated rings. The lowest BCUT2D eigenvalue weighted by Gasteiger charge is -2.29. The van der Waals surface area contributed by atoms with Crippen LogP contribution in [0.5, 0.6) is 0 Å². The van der Waals surface area contributed by atoms with Crippen LogP contribution < -0.4 is 11.1 Å². The van der Waals surface area contributed by atoms with Crippen LogP contribution in [0.15, 0.2) is 0 Å². The highest BCUT2D eigenvalue weighted by atomic mass is 16.3. The summed E-state index contributed by atoms with van der Waals surface area (Å²) in [6, 6.07) is 0.289. The summed E-state index contributed by atoms with van der Waals surface area (Å²) in [7, 11) is 0. The topological polar surface area (TPSA) is 78.6 Å². The molecule has 1 rings (SSSR count). The largest absolute Gasteiger partial charge is 0.391 e. The highest BCUT2D eigenvalue weighted by Crippen LogP contribution is 2.07. The molecule has 1 heterocycles. The molecule has 1 unspecified atom stereocenters. The van der Waals surface area contributed by atoms with Gasteiger partial charge in [-0.1, -0.05) is 13.8 Å². The number of nitrogens with zero attached hydrogens (tertiary/aromatic N) is 1. The Morgan fingerprint density at radius 2 is 2.06 bits per heavy atom. The summed E-state index contributed by atoms with van der Waals surface area (Å²) in [5.74, 6) is 0.156. The number of carbonyl (C=O) groups is 1. The van der Waals surface area contributed by atoms with Crippen molar-refractivity contribution >= 4 is 5.91 Å². The van der Waals surface area contributed by atoms with Crippen molar-refractivity contribution in [3.05, 3.63) is 0 Å². The summed E-state index contributed by atoms with van der Waals surface area (Å²) in [4.78, 5) is 13.7. The van der Waals surface area contributed by atoms with Crippen LogP contribution in [0.1, 0.15) is 26.7 Å². The summed E-state index contributed by atoms with van der Waals surface area (Å²) in [6.07, 6.45) is 1.46. The maximum Gasteiger partial charge on any atom is 0.234 e. The molecule has 0 aromatic heterocycles. The smallest absolute Gasteiger partial charge is 0.234 e. The maximum absolute atomic E-state index is 11.6. The molecule has 0 bridgehead atoms. The fourth-order valence-electron chi connectivity index (χ4n) is 1.82. The van der Waals surface area contributed by atoms with Crippen LogP contribution in [-0.2, 0) is 4.79 Å². The molecule has 0 aromatic carbocycles. The van der Waals surface area contributed by atoms with Crippen LogP contribution in [0, 0.1) is 5.92 Å². The van der Waals surface area contributed by atoms with Gasteiger partial charge in [0.1, 0.15) is 0 Å². The molecule has 17 heavy (non-hydrogen) atoms. The summed E-state index contributed by atoms with van der Waals surface area (Å²) >= 11 is 0. The first-order chi connectivity index (χ1) is 7.99. The van der Waals surface area contributed by atoms with Gasteiger partial charge >= 0.3 is 0 Å². The standard InChI is InChI=1S/C12H25N3O2/c1-9(2)11(16)7-14-12(17)8-15-5-3-10(13)4-6-15/h9-11,16H,3-8,13H2,1-2H3,(H,14,17). The van der Waals surface area contributed by atoms with Gasteiger partial charge in [-0.3, -0.25) is 9.69 Å². The van der Waals surface area contributed by atoms with Crippen molar-refractivity contribution in [2.45, 2.75) is 38.8 Å². The summed E-state index contributed by atoms with van der Waals surface area (Å²) in [5.41, 5.74) is 5.80. The Hall–Kier alpha value is -0.650. The third-order valence-electron chi connectivity index (χ3n) is 3.28. The SMILES string of the molecule is CC(C)C(O)CNC(=O)CN1CCC(N)CC1. The Bertz CT molecular complexity index is 238. The van der Waals surface area contributed by atoms with E-state index >= 15 is 0 Å². The number of nitrogens with two attached hydrogens (primary N) is 1. The molecule has 4 N–H and O–H groups in total. The summed E-state index contributed by atoms with van der Waals surface area (Å²) < 4.78 is 0. The molecule has 100 valence electrons. The predicted molar refractivity (Wildman–Crippen MR) is 67.5 cm³/mol. The number of rotatable bonds is 5. The third-order valence-corrected chi connectivity index (χ3v) is 3.28. The molecule has 1 amide bonds. The second-order valence-electron chi connectivity index (χ2n) is 5.23. The average Bonchev–Trinajstić information content (AvgIpc) is 2.29. The van der Waals surface area contributed by atoms with E-state index in [0.29, 0.717) is 13.1 Å². The van der Waals surface area contributed by atoms with Gasteiger partial charge in [0.2, 0.25) is 5.91 Å². The van der Waals surface area contributed by atoms with E-state index in [2.05, 4.69) is 10.2 Å². The van der Waals surface area contributed by atoms with Gasteiger partial charge in [0.05, 0.1) is 12.6 Å². The number of nitrogens with one attached hydrogen (secondary N) is 1. The zero-order chi connectivity index (χ0) is 12.8. The van der Waals surface area contributed by atoms with Gasteiger partial charge in [0, 0.05) is 25.7 Å². The Labute approximate surface area is 103 Å². The minimum Gasteiger partial charge on any atom is -0.391 e. The number of hydrogen-bond acceptors (Lipinski definition) is 4. The number of amides is 1. The molecule has 1 atom stereocenters. The van der Waals surface area contributed by atoms with Crippen LogP contribution in [0.4, 0.5) is 0 Å². The van der Waals surface area contributed by atoms with Crippen molar-refractivity contribution < 1.29 is 9.90 Å². The van der Waals surface area contributed by atoms with Crippen molar-refractivity contribution in [2.75, 3.05) is 26.2 Å². The first-order valence-corrected chi connectivity index (χ1v) is 6.41. The molecule has 1 aliphatic heterocycles. The highest BCUT2D eigenvalue weighted by molar-refractivity contribution is 5.78. The van der Waals surface area contributed by atoms with E-state index in [1.54, 1.807) is 0 Å². The van der Waals surface area contributed by atoms with Crippen LogP contribution >= 0.6 is 0 Å². The molecular weight excluding hydrogens is 218 g/mol. The zero-order valence-corrected chi connectivity index (χ0v) is 10.9. The van der Waals surface area contributed by atoms with Crippen LogP contribution in [0.2, 0.25) is 0 Å². The molecule has 1 aliphatic rings. The number of carbonyl (C=O) groups excluding carboxylic acids is 1. The van der Waals surface area contributed by atoms with E-state index in [9.17, 15) is 9.90 Å². The number of hydrogen-bond donors (Lipinski definition) is 3. The monoisotopic (exact) mass is 243 g/mol. The number of likely N-dealkylation sites (tertiary alicyclic amines) is 1. The molecule has 5 heteroatoms. The van der Waals surface area contributed by atoms with Gasteiger partial charge in [-0.05, 0) is 18.8 Å². The molecule has 0 radical (unpaired) electrons. The Morgan fingerprint density at radius 1 is 1.47 bits per heavy atom. The van der Waals surface area contributed by atoms with Crippen molar-refractivity contribution in [3.63, 3.8) is 0 Å². The second kappa shape index (κ2) is 6.93. The van der Waals surface area contributed by atoms with E-state index in [4.69, 9.17) is 5.73 Å². The van der Waals surface area contributed by atoms with Gasteiger partial charge in [-0.25, -0.2) is 0 Å². The fraction of sp³-hybridized carbons (Fsp3) is 0.917. The second-order valence-corrected chi connectivity index (χ2v) is 5.23. The number of aliphatic hydroxyl groups excluding tert-OH is 1. The van der Waals surface area contributed by atoms with Crippen LogP contribution in [0.3, 0.4) is 0 Å². The quantitative estimate of drug-likeness (QED) is 0.611. The first-order valence-electron chi connectivity index (χ1n) is 6.41. The molecular formula is C12H25N3O2. The normalized spacial score (nSPS) is 20.5. The Morgan fingerprint density at radius 3 is 2.59 bits per heavy atom. The van der Waals surface area contributed by atoms with Crippen molar-refractivity contribution in [3.8, 4) is 0 Å². The molecule has 5 nitrogen and oxygen atoms in total. The van der Waals surface area contributed by atoms with Crippen molar-refractivity contribution in [2.24, 2.45) is 11.7 Å². The van der Waals surface area contributed by atoms with Crippen LogP contribution in [0.25, 0.3) is 0 Å². The van der Waals surface area contributed by atoms with E-state index < -0.39 is 6.10 Å². The third kappa shape index (κ3) is 5.48. The lowest BCUT2D eigenvalue weighted by atomic mass is 10.1. The minimum atomic E-state index is -0.464. The molecule has 0 spiro atoms. The van der Waals surface area contributed by atoms with Gasteiger partial charge in [0.25, 0.3) is 0 Å². The Kier molecular flexibility index (Phi) is 5.88. The van der Waals surface area contributed by atoms with Gasteiger partial charge in [-0.15, -0.1) is 0 Å². The van der Waals surface area contributed by atoms with Gasteiger partial charge in [0.15, 0.2) is 0 Å².